The van der Waals surface area contributed by atoms with Gasteiger partial charge in [-0.1, -0.05) is 11.6 Å². The Labute approximate surface area is 105 Å². The number of nitrogens with zero attached hydrogens (tertiary/aromatic N) is 2. The van der Waals surface area contributed by atoms with Gasteiger partial charge >= 0.3 is 5.91 Å². The van der Waals surface area contributed by atoms with Gasteiger partial charge in [0.15, 0.2) is 6.07 Å². The summed E-state index contributed by atoms with van der Waals surface area (Å²) in [5.74, 6) is -0.137. The van der Waals surface area contributed by atoms with Crippen molar-refractivity contribution in [1.29, 1.82) is 5.26 Å². The van der Waals surface area contributed by atoms with Gasteiger partial charge in [-0.05, 0) is 31.0 Å². The topological polar surface area (TPSA) is 53.3 Å². The lowest BCUT2D eigenvalue weighted by atomic mass is 10.1. The van der Waals surface area contributed by atoms with Gasteiger partial charge in [0.1, 0.15) is 5.75 Å². The third kappa shape index (κ3) is 2.34. The summed E-state index contributed by atoms with van der Waals surface area (Å²) in [6.45, 7) is 3.64. The maximum atomic E-state index is 11.4. The summed E-state index contributed by atoms with van der Waals surface area (Å²) >= 11 is 6.13. The van der Waals surface area contributed by atoms with Crippen LogP contribution in [-0.4, -0.2) is 20.1 Å². The molecule has 0 aliphatic heterocycles. The normalized spacial score (nSPS) is 9.65. The zero-order chi connectivity index (χ0) is 13.2. The molecule has 0 bridgehead atoms. The second-order valence-corrected chi connectivity index (χ2v) is 4.04. The number of halogens is 1. The number of hydrogen-bond donors (Lipinski definition) is 0. The highest BCUT2D eigenvalue weighted by molar-refractivity contribution is 6.32. The Morgan fingerprint density at radius 1 is 1.53 bits per heavy atom. The monoisotopic (exact) mass is 252 g/mol. The van der Waals surface area contributed by atoms with Gasteiger partial charge in [0.25, 0.3) is 0 Å². The van der Waals surface area contributed by atoms with Crippen molar-refractivity contribution in [2.45, 2.75) is 13.8 Å². The third-order valence-electron chi connectivity index (χ3n) is 2.57. The van der Waals surface area contributed by atoms with Gasteiger partial charge in [0.05, 0.1) is 12.8 Å². The van der Waals surface area contributed by atoms with E-state index in [1.165, 1.54) is 19.1 Å². The highest BCUT2D eigenvalue weighted by Gasteiger charge is 2.20. The van der Waals surface area contributed by atoms with Crippen LogP contribution >= 0.6 is 11.6 Å². The first-order valence-corrected chi connectivity index (χ1v) is 5.33. The lowest BCUT2D eigenvalue weighted by molar-refractivity contribution is -0.113. The van der Waals surface area contributed by atoms with Gasteiger partial charge in [-0.2, -0.15) is 5.26 Å². The third-order valence-corrected chi connectivity index (χ3v) is 3.15. The van der Waals surface area contributed by atoms with E-state index < -0.39 is 5.91 Å². The molecule has 17 heavy (non-hydrogen) atoms. The summed E-state index contributed by atoms with van der Waals surface area (Å²) in [6, 6.07) is 3.31. The largest absolute Gasteiger partial charge is 0.495 e. The number of methoxy groups -OCH3 is 1. The number of anilines is 1. The molecule has 0 heterocycles. The Morgan fingerprint density at radius 2 is 2.12 bits per heavy atom. The Morgan fingerprint density at radius 3 is 2.59 bits per heavy atom. The number of benzene rings is 1. The Balaban J connectivity index is 3.47. The summed E-state index contributed by atoms with van der Waals surface area (Å²) in [7, 11) is 3.03. The zero-order valence-electron chi connectivity index (χ0n) is 10.2. The van der Waals surface area contributed by atoms with Crippen LogP contribution in [0.15, 0.2) is 6.07 Å². The zero-order valence-corrected chi connectivity index (χ0v) is 10.9. The van der Waals surface area contributed by atoms with Crippen LogP contribution in [0.5, 0.6) is 5.75 Å². The van der Waals surface area contributed by atoms with Gasteiger partial charge in [0.2, 0.25) is 0 Å². The summed E-state index contributed by atoms with van der Waals surface area (Å²) in [6.07, 6.45) is 0. The van der Waals surface area contributed by atoms with Crippen molar-refractivity contribution in [3.8, 4) is 11.8 Å². The highest BCUT2D eigenvalue weighted by atomic mass is 35.5. The van der Waals surface area contributed by atoms with Gasteiger partial charge in [-0.3, -0.25) is 9.69 Å². The first-order valence-electron chi connectivity index (χ1n) is 4.95. The van der Waals surface area contributed by atoms with Crippen LogP contribution in [-0.2, 0) is 4.79 Å². The lowest BCUT2D eigenvalue weighted by Crippen LogP contribution is -2.25. The molecule has 0 spiro atoms. The Kier molecular flexibility index (Phi) is 3.97. The molecule has 0 fully saturated rings. The molecule has 0 saturated heterocycles. The number of nitriles is 1. The molecular weight excluding hydrogens is 240 g/mol. The van der Waals surface area contributed by atoms with Crippen LogP contribution in [0.25, 0.3) is 0 Å². The number of ether oxygens (including phenoxy) is 1. The van der Waals surface area contributed by atoms with Crippen LogP contribution < -0.4 is 9.64 Å². The van der Waals surface area contributed by atoms with E-state index in [9.17, 15) is 4.79 Å². The predicted octanol–water partition coefficient (Wildman–Crippen LogP) is 2.45. The van der Waals surface area contributed by atoms with Crippen molar-refractivity contribution >= 4 is 23.2 Å². The van der Waals surface area contributed by atoms with Crippen molar-refractivity contribution in [1.82, 2.24) is 0 Å². The lowest BCUT2D eigenvalue weighted by Gasteiger charge is -2.21. The van der Waals surface area contributed by atoms with Crippen molar-refractivity contribution in [3.63, 3.8) is 0 Å². The van der Waals surface area contributed by atoms with Crippen molar-refractivity contribution in [3.05, 3.63) is 22.2 Å². The minimum Gasteiger partial charge on any atom is -0.495 e. The summed E-state index contributed by atoms with van der Waals surface area (Å²) in [5.41, 5.74) is 2.10. The Hall–Kier alpha value is -1.73. The molecule has 1 rings (SSSR count). The molecule has 5 heteroatoms. The number of hydrogen-bond acceptors (Lipinski definition) is 3. The van der Waals surface area contributed by atoms with Crippen LogP contribution in [0.1, 0.15) is 11.1 Å². The van der Waals surface area contributed by atoms with Crippen LogP contribution in [0.2, 0.25) is 5.02 Å². The fourth-order valence-electron chi connectivity index (χ4n) is 1.66. The van der Waals surface area contributed by atoms with E-state index in [-0.39, 0.29) is 0 Å². The quantitative estimate of drug-likeness (QED) is 0.760. The molecule has 90 valence electrons. The van der Waals surface area contributed by atoms with E-state index in [1.54, 1.807) is 19.1 Å². The predicted molar refractivity (Wildman–Crippen MR) is 66.5 cm³/mol. The van der Waals surface area contributed by atoms with Crippen molar-refractivity contribution < 1.29 is 9.53 Å². The summed E-state index contributed by atoms with van der Waals surface area (Å²) < 4.78 is 5.22. The number of amides is 1. The second-order valence-electron chi connectivity index (χ2n) is 3.66. The number of rotatable bonds is 2. The van der Waals surface area contributed by atoms with Gasteiger partial charge in [0, 0.05) is 12.1 Å². The molecule has 0 aromatic heterocycles. The molecule has 0 N–H and O–H groups in total. The first-order chi connectivity index (χ1) is 7.93. The average molecular weight is 253 g/mol. The van der Waals surface area contributed by atoms with Gasteiger partial charge in [-0.15, -0.1) is 0 Å². The van der Waals surface area contributed by atoms with E-state index in [2.05, 4.69) is 0 Å². The fourth-order valence-corrected chi connectivity index (χ4v) is 1.81. The standard InChI is InChI=1S/C12H13ClN2O2/c1-7-5-9(17-4)12(8(2)11(7)13)15(3)10(16)6-14/h5H,1-4H3. The fraction of sp³-hybridized carbons (Fsp3) is 0.333. The number of carbonyl (C=O) groups is 1. The van der Waals surface area contributed by atoms with Crippen molar-refractivity contribution in [2.24, 2.45) is 0 Å². The molecule has 0 radical (unpaired) electrons. The molecule has 0 unspecified atom stereocenters. The SMILES string of the molecule is COc1cc(C)c(Cl)c(C)c1N(C)C(=O)C#N. The van der Waals surface area contributed by atoms with Crippen LogP contribution in [0, 0.1) is 25.2 Å². The van der Waals surface area contributed by atoms with E-state index in [4.69, 9.17) is 21.6 Å². The van der Waals surface area contributed by atoms with Crippen molar-refractivity contribution in [2.75, 3.05) is 19.1 Å². The smallest absolute Gasteiger partial charge is 0.329 e. The highest BCUT2D eigenvalue weighted by Crippen LogP contribution is 2.37. The molecule has 0 aliphatic carbocycles. The number of aryl methyl sites for hydroxylation is 1. The average Bonchev–Trinajstić information content (AvgIpc) is 2.33. The Bertz CT molecular complexity index is 506. The maximum absolute atomic E-state index is 11.4. The van der Waals surface area contributed by atoms with Crippen LogP contribution in [0.4, 0.5) is 5.69 Å². The number of carbonyl (C=O) groups excluding carboxylic acids is 1. The first kappa shape index (κ1) is 13.3. The summed E-state index contributed by atoms with van der Waals surface area (Å²) in [4.78, 5) is 12.6. The second kappa shape index (κ2) is 5.07. The van der Waals surface area contributed by atoms with E-state index in [0.29, 0.717) is 16.5 Å². The molecule has 4 nitrogen and oxygen atoms in total. The van der Waals surface area contributed by atoms with E-state index in [0.717, 1.165) is 11.1 Å². The maximum Gasteiger partial charge on any atom is 0.329 e. The van der Waals surface area contributed by atoms with E-state index >= 15 is 0 Å². The van der Waals surface area contributed by atoms with Gasteiger partial charge < -0.3 is 4.74 Å². The van der Waals surface area contributed by atoms with E-state index in [1.807, 2.05) is 6.92 Å². The molecule has 1 aromatic rings. The molecule has 0 aliphatic rings. The molecule has 0 saturated carbocycles. The molecule has 1 amide bonds. The molecule has 0 atom stereocenters. The van der Waals surface area contributed by atoms with Gasteiger partial charge in [-0.25, -0.2) is 0 Å². The minimum absolute atomic E-state index is 0.523. The molecule has 1 aromatic carbocycles. The minimum atomic E-state index is -0.661. The summed E-state index contributed by atoms with van der Waals surface area (Å²) in [5, 5.41) is 9.20. The van der Waals surface area contributed by atoms with Crippen LogP contribution in [0.3, 0.4) is 0 Å². The molecular formula is C12H13ClN2O2.